The van der Waals surface area contributed by atoms with Gasteiger partial charge in [-0.1, -0.05) is 59.3 Å². The van der Waals surface area contributed by atoms with Gasteiger partial charge < -0.3 is 55.1 Å². The second-order valence-corrected chi connectivity index (χ2v) is 19.3. The number of rotatable bonds is 7. The zero-order chi connectivity index (χ0) is 40.1. The van der Waals surface area contributed by atoms with Crippen molar-refractivity contribution in [3.05, 3.63) is 23.3 Å². The van der Waals surface area contributed by atoms with E-state index in [4.69, 9.17) is 14.2 Å². The van der Waals surface area contributed by atoms with Crippen molar-refractivity contribution in [2.45, 2.75) is 155 Å². The smallest absolute Gasteiger partial charge is 0.335 e. The van der Waals surface area contributed by atoms with Gasteiger partial charge in [-0.25, -0.2) is 9.59 Å². The first-order valence-electron chi connectivity index (χ1n) is 19.8. The van der Waals surface area contributed by atoms with E-state index in [1.54, 1.807) is 19.9 Å². The molecule has 0 bridgehead atoms. The highest BCUT2D eigenvalue weighted by molar-refractivity contribution is 5.87. The van der Waals surface area contributed by atoms with E-state index in [0.717, 1.165) is 12.0 Å². The molecule has 5 fully saturated rings. The molecule has 0 radical (unpaired) electrons. The molecule has 0 spiro atoms. The lowest BCUT2D eigenvalue weighted by Crippen LogP contribution is -2.72. The standard InChI is InChI=1S/C41H64O13/c1-9-20(2)34(51)54-32-31(48)41(19-43)22(16-36(32,3)4)21-10-11-24-37(5)14-13-26(52-35-29(47)27(45)28(46)30(53-35)33(49)50)38(6,18-42)23(37)12-15-39(24,7)40(21,8)17-25(41)44/h9-10,22-32,35,42-48H,11-19H2,1-8H3,(H,49,50)/b20-9+/t22-,23+,24+,25-,26-,27-,28-,29+,30-,31-,32-,35+,37-,38-,39+,40+,41-/m0/s1. The SMILES string of the molecule is C/C=C(\C)C(=O)O[C@H]1[C@H](O)[C@]2(CO)[C@@H](O)C[C@]3(C)C(=CC[C@@H]4[C@@]5(C)CC[C@H](O[C@@H]6O[C@H](C(=O)O)[C@@H](O)[C@H](O)[C@H]6O)[C@@](C)(CO)[C@@H]5CC[C@]43C)[C@@H]2CC1(C)C. The molecule has 0 unspecified atom stereocenters. The minimum Gasteiger partial charge on any atom is -0.479 e. The van der Waals surface area contributed by atoms with Crippen LogP contribution in [0.1, 0.15) is 100 Å². The summed E-state index contributed by atoms with van der Waals surface area (Å²) in [5, 5.41) is 87.7. The van der Waals surface area contributed by atoms with Gasteiger partial charge >= 0.3 is 11.9 Å². The van der Waals surface area contributed by atoms with Crippen LogP contribution in [-0.2, 0) is 23.8 Å². The van der Waals surface area contributed by atoms with Crippen molar-refractivity contribution in [3.63, 3.8) is 0 Å². The number of hydrogen-bond acceptors (Lipinski definition) is 12. The van der Waals surface area contributed by atoms with E-state index in [2.05, 4.69) is 26.8 Å². The molecule has 6 rings (SSSR count). The number of aliphatic hydroxyl groups excluding tert-OH is 7. The lowest BCUT2D eigenvalue weighted by atomic mass is 9.33. The summed E-state index contributed by atoms with van der Waals surface area (Å²) >= 11 is 0. The molecular weight excluding hydrogens is 700 g/mol. The van der Waals surface area contributed by atoms with Crippen LogP contribution < -0.4 is 0 Å². The molecule has 4 saturated carbocycles. The van der Waals surface area contributed by atoms with E-state index in [1.165, 1.54) is 0 Å². The Hall–Kier alpha value is -1.94. The molecule has 17 atom stereocenters. The summed E-state index contributed by atoms with van der Waals surface area (Å²) in [7, 11) is 0. The predicted molar refractivity (Wildman–Crippen MR) is 194 cm³/mol. The molecule has 5 aliphatic carbocycles. The van der Waals surface area contributed by atoms with Crippen LogP contribution in [0.2, 0.25) is 0 Å². The Morgan fingerprint density at radius 3 is 2.17 bits per heavy atom. The summed E-state index contributed by atoms with van der Waals surface area (Å²) in [6.07, 6.45) is -4.63. The lowest BCUT2D eigenvalue weighted by molar-refractivity contribution is -0.328. The summed E-state index contributed by atoms with van der Waals surface area (Å²) < 4.78 is 17.7. The van der Waals surface area contributed by atoms with E-state index in [9.17, 15) is 50.4 Å². The Morgan fingerprint density at radius 1 is 0.907 bits per heavy atom. The minimum atomic E-state index is -1.84. The summed E-state index contributed by atoms with van der Waals surface area (Å²) in [4.78, 5) is 24.8. The van der Waals surface area contributed by atoms with Crippen molar-refractivity contribution in [3.8, 4) is 0 Å². The largest absolute Gasteiger partial charge is 0.479 e. The normalized spacial score (nSPS) is 51.5. The number of carbonyl (C=O) groups excluding carboxylic acids is 1. The van der Waals surface area contributed by atoms with Gasteiger partial charge in [0.1, 0.15) is 30.5 Å². The van der Waals surface area contributed by atoms with Crippen LogP contribution in [0.15, 0.2) is 23.3 Å². The second kappa shape index (κ2) is 13.9. The third-order valence-electron chi connectivity index (χ3n) is 16.6. The quantitative estimate of drug-likeness (QED) is 0.0809. The number of esters is 1. The first kappa shape index (κ1) is 41.7. The number of fused-ring (bicyclic) bond motifs is 7. The van der Waals surface area contributed by atoms with Crippen LogP contribution in [0.25, 0.3) is 0 Å². The Kier molecular flexibility index (Phi) is 10.7. The van der Waals surface area contributed by atoms with E-state index in [0.29, 0.717) is 44.1 Å². The highest BCUT2D eigenvalue weighted by Crippen LogP contribution is 2.76. The van der Waals surface area contributed by atoms with E-state index < -0.39 is 95.3 Å². The number of carbonyl (C=O) groups is 2. The molecule has 0 amide bonds. The molecule has 1 heterocycles. The molecule has 6 aliphatic rings. The summed E-state index contributed by atoms with van der Waals surface area (Å²) in [6.45, 7) is 15.4. The average molecular weight is 765 g/mol. The zero-order valence-electron chi connectivity index (χ0n) is 33.1. The van der Waals surface area contributed by atoms with E-state index in [1.807, 2.05) is 20.8 Å². The van der Waals surface area contributed by atoms with Crippen molar-refractivity contribution in [2.24, 2.45) is 50.2 Å². The Balaban J connectivity index is 1.32. The first-order chi connectivity index (χ1) is 25.0. The van der Waals surface area contributed by atoms with E-state index in [-0.39, 0.29) is 35.2 Å². The number of carboxylic acid groups (broad SMARTS) is 1. The molecule has 1 aliphatic heterocycles. The van der Waals surface area contributed by atoms with Crippen LogP contribution in [-0.4, -0.2) is 121 Å². The van der Waals surface area contributed by atoms with Gasteiger partial charge in [-0.2, -0.15) is 0 Å². The maximum atomic E-state index is 13.0. The summed E-state index contributed by atoms with van der Waals surface area (Å²) in [5.74, 6) is -2.35. The van der Waals surface area contributed by atoms with Gasteiger partial charge in [0.25, 0.3) is 0 Å². The Morgan fingerprint density at radius 2 is 1.57 bits per heavy atom. The highest BCUT2D eigenvalue weighted by atomic mass is 16.7. The molecule has 8 N–H and O–H groups in total. The van der Waals surface area contributed by atoms with Gasteiger partial charge in [-0.05, 0) is 92.8 Å². The molecule has 0 aromatic rings. The summed E-state index contributed by atoms with van der Waals surface area (Å²) in [6, 6.07) is 0. The number of aliphatic carboxylic acids is 1. The van der Waals surface area contributed by atoms with Crippen molar-refractivity contribution in [1.82, 2.24) is 0 Å². The molecule has 0 aromatic heterocycles. The molecule has 306 valence electrons. The van der Waals surface area contributed by atoms with Gasteiger partial charge in [0, 0.05) is 16.4 Å². The van der Waals surface area contributed by atoms with Crippen molar-refractivity contribution in [2.75, 3.05) is 13.2 Å². The first-order valence-corrected chi connectivity index (χ1v) is 19.8. The third kappa shape index (κ3) is 5.65. The molecule has 1 saturated heterocycles. The number of allylic oxidation sites excluding steroid dienone is 3. The number of ether oxygens (including phenoxy) is 3. The molecular formula is C41H64O13. The maximum Gasteiger partial charge on any atom is 0.335 e. The molecule has 54 heavy (non-hydrogen) atoms. The van der Waals surface area contributed by atoms with Gasteiger partial charge in [-0.3, -0.25) is 0 Å². The van der Waals surface area contributed by atoms with Crippen LogP contribution in [0.4, 0.5) is 0 Å². The lowest BCUT2D eigenvalue weighted by Gasteiger charge is -2.72. The zero-order valence-corrected chi connectivity index (χ0v) is 33.1. The number of hydrogen-bond donors (Lipinski definition) is 8. The van der Waals surface area contributed by atoms with Crippen molar-refractivity contribution >= 4 is 11.9 Å². The van der Waals surface area contributed by atoms with Crippen LogP contribution in [0, 0.1) is 50.2 Å². The van der Waals surface area contributed by atoms with E-state index >= 15 is 0 Å². The third-order valence-corrected chi connectivity index (χ3v) is 16.6. The molecule has 13 nitrogen and oxygen atoms in total. The molecule has 0 aromatic carbocycles. The molecule has 13 heteroatoms. The van der Waals surface area contributed by atoms with Crippen molar-refractivity contribution in [1.29, 1.82) is 0 Å². The van der Waals surface area contributed by atoms with Gasteiger partial charge in [-0.15, -0.1) is 0 Å². The van der Waals surface area contributed by atoms with Crippen LogP contribution in [0.5, 0.6) is 0 Å². The highest BCUT2D eigenvalue weighted by Gasteiger charge is 2.73. The van der Waals surface area contributed by atoms with Crippen molar-refractivity contribution < 1.29 is 64.7 Å². The predicted octanol–water partition coefficient (Wildman–Crippen LogP) is 2.46. The van der Waals surface area contributed by atoms with Crippen LogP contribution >= 0.6 is 0 Å². The topological polar surface area (TPSA) is 224 Å². The van der Waals surface area contributed by atoms with Gasteiger partial charge in [0.2, 0.25) is 0 Å². The van der Waals surface area contributed by atoms with Gasteiger partial charge in [0.05, 0.1) is 30.8 Å². The average Bonchev–Trinajstić information content (AvgIpc) is 3.10. The number of carboxylic acids is 1. The van der Waals surface area contributed by atoms with Gasteiger partial charge in [0.15, 0.2) is 12.4 Å². The monoisotopic (exact) mass is 764 g/mol. The Bertz CT molecular complexity index is 1540. The fraction of sp³-hybridized carbons (Fsp3) is 0.854. The Labute approximate surface area is 318 Å². The van der Waals surface area contributed by atoms with Crippen LogP contribution in [0.3, 0.4) is 0 Å². The fourth-order valence-electron chi connectivity index (χ4n) is 13.0. The fourth-order valence-corrected chi connectivity index (χ4v) is 13.0. The second-order valence-electron chi connectivity index (χ2n) is 19.3. The summed E-state index contributed by atoms with van der Waals surface area (Å²) in [5.41, 5.74) is -2.46. The minimum absolute atomic E-state index is 0.0616. The number of aliphatic hydroxyl groups is 7. The maximum absolute atomic E-state index is 13.0.